The number of benzene rings is 2. The number of likely N-dealkylation sites (N-methyl/N-ethyl adjacent to an activating group) is 1. The predicted octanol–water partition coefficient (Wildman–Crippen LogP) is 6.25. The lowest BCUT2D eigenvalue weighted by atomic mass is 10.1. The van der Waals surface area contributed by atoms with Crippen LogP contribution in [0, 0.1) is 5.82 Å². The van der Waals surface area contributed by atoms with Crippen LogP contribution in [0.25, 0.3) is 10.2 Å². The van der Waals surface area contributed by atoms with Gasteiger partial charge in [0.15, 0.2) is 5.13 Å². The number of aromatic nitrogens is 1. The molecule has 0 unspecified atom stereocenters. The average molecular weight is 474 g/mol. The summed E-state index contributed by atoms with van der Waals surface area (Å²) in [5, 5.41) is 0.796. The summed E-state index contributed by atoms with van der Waals surface area (Å²) in [7, 11) is 0. The third kappa shape index (κ3) is 6.53. The second kappa shape index (κ2) is 12.3. The molecule has 0 saturated carbocycles. The predicted molar refractivity (Wildman–Crippen MR) is 135 cm³/mol. The SMILES string of the molecule is CCc1cccc2sc(N(CCN(CC)CC)C(=O)CCCSc3ccc(F)cc3)nc12. The molecule has 0 spiro atoms. The Kier molecular flexibility index (Phi) is 9.51. The van der Waals surface area contributed by atoms with E-state index in [1.54, 1.807) is 35.2 Å². The molecule has 0 radical (unpaired) electrons. The molecule has 3 rings (SSSR count). The summed E-state index contributed by atoms with van der Waals surface area (Å²) in [5.41, 5.74) is 2.24. The number of carbonyl (C=O) groups excluding carboxylic acids is 1. The highest BCUT2D eigenvalue weighted by Crippen LogP contribution is 2.31. The Balaban J connectivity index is 1.68. The summed E-state index contributed by atoms with van der Waals surface area (Å²) in [5.74, 6) is 0.713. The molecule has 32 heavy (non-hydrogen) atoms. The zero-order valence-corrected chi connectivity index (χ0v) is 20.8. The lowest BCUT2D eigenvalue weighted by Gasteiger charge is -2.24. The largest absolute Gasteiger partial charge is 0.302 e. The molecule has 3 aromatic rings. The van der Waals surface area contributed by atoms with Crippen LogP contribution in [-0.2, 0) is 11.2 Å². The number of halogens is 1. The Labute approximate surface area is 198 Å². The van der Waals surface area contributed by atoms with Crippen LogP contribution in [0.3, 0.4) is 0 Å². The lowest BCUT2D eigenvalue weighted by Crippen LogP contribution is -2.38. The molecule has 1 heterocycles. The first-order valence-corrected chi connectivity index (χ1v) is 13.1. The molecule has 0 aliphatic carbocycles. The Morgan fingerprint density at radius 3 is 2.50 bits per heavy atom. The topological polar surface area (TPSA) is 36.4 Å². The molecule has 0 bridgehead atoms. The lowest BCUT2D eigenvalue weighted by molar-refractivity contribution is -0.118. The number of thioether (sulfide) groups is 1. The van der Waals surface area contributed by atoms with Gasteiger partial charge in [-0.2, -0.15) is 0 Å². The maximum absolute atomic E-state index is 13.2. The molecular weight excluding hydrogens is 441 g/mol. The van der Waals surface area contributed by atoms with E-state index < -0.39 is 0 Å². The fourth-order valence-electron chi connectivity index (χ4n) is 3.58. The van der Waals surface area contributed by atoms with Crippen LogP contribution >= 0.6 is 23.1 Å². The van der Waals surface area contributed by atoms with Crippen LogP contribution in [0.1, 0.15) is 39.2 Å². The average Bonchev–Trinajstić information content (AvgIpc) is 3.24. The van der Waals surface area contributed by atoms with Crippen molar-refractivity contribution in [3.05, 3.63) is 53.8 Å². The monoisotopic (exact) mass is 473 g/mol. The number of para-hydroxylation sites is 1. The van der Waals surface area contributed by atoms with E-state index in [2.05, 4.69) is 43.9 Å². The van der Waals surface area contributed by atoms with E-state index in [1.165, 1.54) is 17.7 Å². The van der Waals surface area contributed by atoms with Gasteiger partial charge in [-0.05, 0) is 67.6 Å². The number of hydrogen-bond acceptors (Lipinski definition) is 5. The van der Waals surface area contributed by atoms with Crippen molar-refractivity contribution in [1.29, 1.82) is 0 Å². The molecule has 2 aromatic carbocycles. The van der Waals surface area contributed by atoms with Gasteiger partial charge in [0.05, 0.1) is 10.2 Å². The van der Waals surface area contributed by atoms with Gasteiger partial charge in [-0.15, -0.1) is 11.8 Å². The summed E-state index contributed by atoms with van der Waals surface area (Å²) in [4.78, 5) is 23.4. The van der Waals surface area contributed by atoms with E-state index in [-0.39, 0.29) is 11.7 Å². The molecule has 0 aliphatic heterocycles. The minimum absolute atomic E-state index is 0.119. The Morgan fingerprint density at radius 1 is 1.06 bits per heavy atom. The van der Waals surface area contributed by atoms with Crippen molar-refractivity contribution in [2.75, 3.05) is 36.8 Å². The van der Waals surface area contributed by atoms with Crippen molar-refractivity contribution in [3.63, 3.8) is 0 Å². The third-order valence-electron chi connectivity index (χ3n) is 5.56. The highest BCUT2D eigenvalue weighted by atomic mass is 32.2. The number of rotatable bonds is 12. The molecule has 7 heteroatoms. The minimum Gasteiger partial charge on any atom is -0.302 e. The standard InChI is InChI=1S/C25H32FN3OS2/c1-4-19-9-7-10-22-24(19)27-25(32-22)29(17-16-28(5-2)6-3)23(30)11-8-18-31-21-14-12-20(26)13-15-21/h7,9-10,12-15H,4-6,8,11,16-18H2,1-3H3. The van der Waals surface area contributed by atoms with E-state index in [9.17, 15) is 9.18 Å². The molecule has 1 amide bonds. The van der Waals surface area contributed by atoms with Gasteiger partial charge in [0.1, 0.15) is 5.82 Å². The molecule has 1 aromatic heterocycles. The smallest absolute Gasteiger partial charge is 0.228 e. The van der Waals surface area contributed by atoms with Crippen LogP contribution in [0.5, 0.6) is 0 Å². The number of amides is 1. The summed E-state index contributed by atoms with van der Waals surface area (Å²) in [6.45, 7) is 9.84. The normalized spacial score (nSPS) is 11.4. The van der Waals surface area contributed by atoms with Gasteiger partial charge in [0.25, 0.3) is 0 Å². The van der Waals surface area contributed by atoms with E-state index in [4.69, 9.17) is 4.98 Å². The zero-order chi connectivity index (χ0) is 22.9. The molecule has 4 nitrogen and oxygen atoms in total. The van der Waals surface area contributed by atoms with Crippen LogP contribution < -0.4 is 4.90 Å². The van der Waals surface area contributed by atoms with Crippen molar-refractivity contribution in [2.45, 2.75) is 44.9 Å². The van der Waals surface area contributed by atoms with Crippen LogP contribution in [0.2, 0.25) is 0 Å². The summed E-state index contributed by atoms with van der Waals surface area (Å²) in [6, 6.07) is 12.8. The van der Waals surface area contributed by atoms with Gasteiger partial charge in [-0.25, -0.2) is 9.37 Å². The van der Waals surface area contributed by atoms with E-state index in [0.717, 1.165) is 58.5 Å². The second-order valence-corrected chi connectivity index (χ2v) is 9.77. The fourth-order valence-corrected chi connectivity index (χ4v) is 5.49. The van der Waals surface area contributed by atoms with Crippen molar-refractivity contribution >= 4 is 44.4 Å². The quantitative estimate of drug-likeness (QED) is 0.230. The summed E-state index contributed by atoms with van der Waals surface area (Å²) < 4.78 is 14.2. The van der Waals surface area contributed by atoms with Gasteiger partial charge < -0.3 is 4.90 Å². The van der Waals surface area contributed by atoms with Crippen molar-refractivity contribution < 1.29 is 9.18 Å². The number of carbonyl (C=O) groups is 1. The number of nitrogens with zero attached hydrogens (tertiary/aromatic N) is 3. The van der Waals surface area contributed by atoms with Gasteiger partial charge in [0, 0.05) is 24.4 Å². The number of hydrogen-bond donors (Lipinski definition) is 0. The molecule has 0 saturated heterocycles. The molecule has 172 valence electrons. The first-order chi connectivity index (χ1) is 15.5. The number of fused-ring (bicyclic) bond motifs is 1. The second-order valence-electron chi connectivity index (χ2n) is 7.59. The van der Waals surface area contributed by atoms with E-state index in [0.29, 0.717) is 13.0 Å². The molecular formula is C25H32FN3OS2. The highest BCUT2D eigenvalue weighted by Gasteiger charge is 2.20. The number of anilines is 1. The highest BCUT2D eigenvalue weighted by molar-refractivity contribution is 7.99. The maximum Gasteiger partial charge on any atom is 0.228 e. The Morgan fingerprint density at radius 2 is 1.81 bits per heavy atom. The first kappa shape index (κ1) is 24.7. The maximum atomic E-state index is 13.2. The fraction of sp³-hybridized carbons (Fsp3) is 0.440. The van der Waals surface area contributed by atoms with Crippen molar-refractivity contribution in [2.24, 2.45) is 0 Å². The van der Waals surface area contributed by atoms with Gasteiger partial charge in [-0.1, -0.05) is 44.2 Å². The molecule has 0 fully saturated rings. The van der Waals surface area contributed by atoms with E-state index >= 15 is 0 Å². The Bertz CT molecular complexity index is 1000. The number of thiazole rings is 1. The summed E-state index contributed by atoms with van der Waals surface area (Å²) >= 11 is 3.26. The third-order valence-corrected chi connectivity index (χ3v) is 7.70. The van der Waals surface area contributed by atoms with Crippen LogP contribution in [0.15, 0.2) is 47.4 Å². The van der Waals surface area contributed by atoms with Gasteiger partial charge in [-0.3, -0.25) is 9.69 Å². The van der Waals surface area contributed by atoms with Gasteiger partial charge in [0.2, 0.25) is 5.91 Å². The van der Waals surface area contributed by atoms with Crippen molar-refractivity contribution in [3.8, 4) is 0 Å². The zero-order valence-electron chi connectivity index (χ0n) is 19.1. The number of aryl methyl sites for hydroxylation is 1. The first-order valence-electron chi connectivity index (χ1n) is 11.3. The molecule has 0 N–H and O–H groups in total. The van der Waals surface area contributed by atoms with Crippen LogP contribution in [0.4, 0.5) is 9.52 Å². The Hall–Kier alpha value is -1.96. The minimum atomic E-state index is -0.226. The van der Waals surface area contributed by atoms with E-state index in [1.807, 2.05) is 4.90 Å². The van der Waals surface area contributed by atoms with Gasteiger partial charge >= 0.3 is 0 Å². The molecule has 0 aliphatic rings. The molecule has 0 atom stereocenters. The summed E-state index contributed by atoms with van der Waals surface area (Å²) in [6.07, 6.45) is 2.17. The van der Waals surface area contributed by atoms with Crippen molar-refractivity contribution in [1.82, 2.24) is 9.88 Å². The van der Waals surface area contributed by atoms with Crippen LogP contribution in [-0.4, -0.2) is 47.7 Å².